The highest BCUT2D eigenvalue weighted by molar-refractivity contribution is 5.94. The monoisotopic (exact) mass is 289 g/mol. The minimum absolute atomic E-state index is 1.06. The summed E-state index contributed by atoms with van der Waals surface area (Å²) in [6, 6.07) is 15.3. The number of rotatable bonds is 3. The van der Waals surface area contributed by atoms with Crippen LogP contribution in [-0.4, -0.2) is 25.5 Å². The van der Waals surface area contributed by atoms with Crippen molar-refractivity contribution in [3.63, 3.8) is 0 Å². The van der Waals surface area contributed by atoms with Gasteiger partial charge < -0.3 is 4.90 Å². The van der Waals surface area contributed by atoms with E-state index in [9.17, 15) is 0 Å². The molecule has 0 saturated heterocycles. The van der Waals surface area contributed by atoms with E-state index in [1.54, 1.807) is 0 Å². The summed E-state index contributed by atoms with van der Waals surface area (Å²) < 4.78 is 0. The van der Waals surface area contributed by atoms with Crippen molar-refractivity contribution in [2.75, 3.05) is 20.6 Å². The number of nitrogens with zero attached hydrogens (tertiary/aromatic N) is 1. The zero-order chi connectivity index (χ0) is 15.5. The summed E-state index contributed by atoms with van der Waals surface area (Å²) >= 11 is 0. The molecule has 0 N–H and O–H groups in total. The Morgan fingerprint density at radius 1 is 0.909 bits per heavy atom. The van der Waals surface area contributed by atoms with Gasteiger partial charge in [-0.2, -0.15) is 0 Å². The second-order valence-electron chi connectivity index (χ2n) is 6.17. The topological polar surface area (TPSA) is 3.24 Å². The number of aryl methyl sites for hydroxylation is 1. The van der Waals surface area contributed by atoms with Crippen molar-refractivity contribution in [3.05, 3.63) is 76.4 Å². The molecule has 112 valence electrons. The van der Waals surface area contributed by atoms with Gasteiger partial charge in [0.1, 0.15) is 0 Å². The molecule has 0 unspecified atom stereocenters. The summed E-state index contributed by atoms with van der Waals surface area (Å²) in [5.41, 5.74) is 8.02. The van der Waals surface area contributed by atoms with Gasteiger partial charge in [-0.15, -0.1) is 0 Å². The average molecular weight is 289 g/mol. The lowest BCUT2D eigenvalue weighted by Gasteiger charge is -2.14. The molecule has 22 heavy (non-hydrogen) atoms. The van der Waals surface area contributed by atoms with Gasteiger partial charge >= 0.3 is 0 Å². The van der Waals surface area contributed by atoms with Gasteiger partial charge in [0.2, 0.25) is 0 Å². The molecule has 0 atom stereocenters. The summed E-state index contributed by atoms with van der Waals surface area (Å²) in [4.78, 5) is 2.23. The molecule has 1 heteroatoms. The zero-order valence-electron chi connectivity index (χ0n) is 13.6. The van der Waals surface area contributed by atoms with Crippen LogP contribution in [0.1, 0.15) is 34.2 Å². The minimum Gasteiger partial charge on any atom is -0.309 e. The molecule has 0 amide bonds. The maximum absolute atomic E-state index is 2.39. The van der Waals surface area contributed by atoms with Crippen LogP contribution in [0, 0.1) is 6.92 Å². The van der Waals surface area contributed by atoms with Crippen molar-refractivity contribution >= 4 is 17.7 Å². The van der Waals surface area contributed by atoms with Gasteiger partial charge in [0.15, 0.2) is 0 Å². The van der Waals surface area contributed by atoms with E-state index in [1.165, 1.54) is 33.4 Å². The lowest BCUT2D eigenvalue weighted by molar-refractivity contribution is 0.417. The standard InChI is InChI=1S/C21H23N/c1-16-8-6-11-20-18(16)14-13-17-9-4-5-10-19(17)21(20)12-7-15-22(2)3/h4-6,8-14H,7,15H2,1-3H3/b21-12-. The molecule has 0 bridgehead atoms. The van der Waals surface area contributed by atoms with E-state index in [0.717, 1.165) is 13.0 Å². The largest absolute Gasteiger partial charge is 0.309 e. The lowest BCUT2D eigenvalue weighted by atomic mass is 9.91. The van der Waals surface area contributed by atoms with Gasteiger partial charge in [-0.05, 0) is 60.8 Å². The van der Waals surface area contributed by atoms with Crippen LogP contribution >= 0.6 is 0 Å². The van der Waals surface area contributed by atoms with Crippen LogP contribution < -0.4 is 0 Å². The molecule has 0 heterocycles. The molecule has 0 spiro atoms. The third kappa shape index (κ3) is 2.90. The molecule has 0 saturated carbocycles. The molecule has 0 radical (unpaired) electrons. The van der Waals surface area contributed by atoms with Gasteiger partial charge in [0, 0.05) is 6.54 Å². The highest BCUT2D eigenvalue weighted by Crippen LogP contribution is 2.35. The SMILES string of the molecule is Cc1cccc2c1C=Cc1ccccc1/C2=C/CCN(C)C. The summed E-state index contributed by atoms with van der Waals surface area (Å²) in [5.74, 6) is 0. The Bertz CT molecular complexity index is 735. The lowest BCUT2D eigenvalue weighted by Crippen LogP contribution is -2.12. The van der Waals surface area contributed by atoms with E-state index < -0.39 is 0 Å². The van der Waals surface area contributed by atoms with Gasteiger partial charge in [0.25, 0.3) is 0 Å². The average Bonchev–Trinajstić information content (AvgIpc) is 2.66. The number of hydrogen-bond donors (Lipinski definition) is 0. The Kier molecular flexibility index (Phi) is 4.26. The fourth-order valence-electron chi connectivity index (χ4n) is 3.03. The van der Waals surface area contributed by atoms with Crippen molar-refractivity contribution in [3.8, 4) is 0 Å². The number of hydrogen-bond acceptors (Lipinski definition) is 1. The summed E-state index contributed by atoms with van der Waals surface area (Å²) in [5, 5.41) is 0. The predicted molar refractivity (Wildman–Crippen MR) is 96.8 cm³/mol. The smallest absolute Gasteiger partial charge is 0.00101 e. The number of fused-ring (bicyclic) bond motifs is 2. The first-order chi connectivity index (χ1) is 10.7. The Morgan fingerprint density at radius 2 is 1.68 bits per heavy atom. The van der Waals surface area contributed by atoms with E-state index in [2.05, 4.69) is 86.6 Å². The summed E-state index contributed by atoms with van der Waals surface area (Å²) in [7, 11) is 4.25. The molecule has 0 aliphatic heterocycles. The van der Waals surface area contributed by atoms with Crippen molar-refractivity contribution < 1.29 is 0 Å². The molecule has 0 fully saturated rings. The second-order valence-corrected chi connectivity index (χ2v) is 6.17. The molecule has 1 aliphatic rings. The Morgan fingerprint density at radius 3 is 2.50 bits per heavy atom. The maximum atomic E-state index is 2.39. The highest BCUT2D eigenvalue weighted by atomic mass is 15.0. The maximum Gasteiger partial charge on any atom is 0.00101 e. The fourth-order valence-corrected chi connectivity index (χ4v) is 3.03. The first-order valence-corrected chi connectivity index (χ1v) is 7.89. The molecule has 2 aromatic carbocycles. The fraction of sp³-hybridized carbons (Fsp3) is 0.238. The normalized spacial score (nSPS) is 14.8. The van der Waals surface area contributed by atoms with E-state index in [4.69, 9.17) is 0 Å². The van der Waals surface area contributed by atoms with Crippen LogP contribution in [0.5, 0.6) is 0 Å². The van der Waals surface area contributed by atoms with Crippen molar-refractivity contribution in [1.82, 2.24) is 4.90 Å². The minimum atomic E-state index is 1.06. The van der Waals surface area contributed by atoms with E-state index in [-0.39, 0.29) is 0 Å². The second kappa shape index (κ2) is 6.33. The van der Waals surface area contributed by atoms with E-state index >= 15 is 0 Å². The van der Waals surface area contributed by atoms with E-state index in [0.29, 0.717) is 0 Å². The zero-order valence-corrected chi connectivity index (χ0v) is 13.6. The van der Waals surface area contributed by atoms with Crippen LogP contribution in [0.15, 0.2) is 48.5 Å². The van der Waals surface area contributed by atoms with Crippen molar-refractivity contribution in [2.24, 2.45) is 0 Å². The molecular weight excluding hydrogens is 266 g/mol. The predicted octanol–water partition coefficient (Wildman–Crippen LogP) is 4.86. The molecule has 2 aromatic rings. The summed E-state index contributed by atoms with van der Waals surface area (Å²) in [6.45, 7) is 3.26. The van der Waals surface area contributed by atoms with Gasteiger partial charge in [0.05, 0.1) is 0 Å². The first kappa shape index (κ1) is 14.8. The highest BCUT2D eigenvalue weighted by Gasteiger charge is 2.15. The van der Waals surface area contributed by atoms with Crippen molar-refractivity contribution in [2.45, 2.75) is 13.3 Å². The molecule has 1 aliphatic carbocycles. The Labute approximate surface area is 133 Å². The molecule has 1 nitrogen and oxygen atoms in total. The first-order valence-electron chi connectivity index (χ1n) is 7.89. The van der Waals surface area contributed by atoms with Crippen LogP contribution in [0.4, 0.5) is 0 Å². The Balaban J connectivity index is 2.15. The van der Waals surface area contributed by atoms with Crippen LogP contribution in [-0.2, 0) is 0 Å². The van der Waals surface area contributed by atoms with Crippen LogP contribution in [0.2, 0.25) is 0 Å². The van der Waals surface area contributed by atoms with Gasteiger partial charge in [-0.25, -0.2) is 0 Å². The molecular formula is C21H23N. The number of benzene rings is 2. The van der Waals surface area contributed by atoms with Crippen molar-refractivity contribution in [1.29, 1.82) is 0 Å². The quantitative estimate of drug-likeness (QED) is 0.665. The molecule has 3 rings (SSSR count). The van der Waals surface area contributed by atoms with E-state index in [1.807, 2.05) is 0 Å². The molecule has 0 aromatic heterocycles. The van der Waals surface area contributed by atoms with Crippen LogP contribution in [0.3, 0.4) is 0 Å². The third-order valence-electron chi connectivity index (χ3n) is 4.22. The summed E-state index contributed by atoms with van der Waals surface area (Å²) in [6.07, 6.45) is 7.96. The van der Waals surface area contributed by atoms with Crippen LogP contribution in [0.25, 0.3) is 17.7 Å². The third-order valence-corrected chi connectivity index (χ3v) is 4.22. The van der Waals surface area contributed by atoms with Gasteiger partial charge in [-0.3, -0.25) is 0 Å². The van der Waals surface area contributed by atoms with Gasteiger partial charge in [-0.1, -0.05) is 60.7 Å². The Hall–Kier alpha value is -2.12.